The number of hydrogen-bond acceptors (Lipinski definition) is 4. The van der Waals surface area contributed by atoms with Crippen LogP contribution in [-0.4, -0.2) is 26.7 Å². The van der Waals surface area contributed by atoms with E-state index in [1.807, 2.05) is 30.3 Å². The fourth-order valence-electron chi connectivity index (χ4n) is 1.99. The molecule has 0 radical (unpaired) electrons. The Labute approximate surface area is 135 Å². The van der Waals surface area contributed by atoms with E-state index < -0.39 is 0 Å². The predicted octanol–water partition coefficient (Wildman–Crippen LogP) is 3.82. The maximum absolute atomic E-state index is 12.1. The molecule has 0 aliphatic heterocycles. The molecule has 1 aromatic heterocycles. The van der Waals surface area contributed by atoms with Gasteiger partial charge >= 0.3 is 0 Å². The van der Waals surface area contributed by atoms with Gasteiger partial charge in [-0.05, 0) is 41.8 Å². The zero-order valence-electron chi connectivity index (χ0n) is 13.3. The molecule has 1 aromatic carbocycles. The first kappa shape index (κ1) is 16.4. The molecule has 0 spiro atoms. The van der Waals surface area contributed by atoms with Gasteiger partial charge in [0.1, 0.15) is 0 Å². The quantitative estimate of drug-likeness (QED) is 0.880. The van der Waals surface area contributed by atoms with Crippen LogP contribution in [0.4, 0.5) is 0 Å². The average molecular weight is 319 g/mol. The van der Waals surface area contributed by atoms with Gasteiger partial charge in [-0.1, -0.05) is 13.8 Å². The highest BCUT2D eigenvalue weighted by atomic mass is 32.1. The number of thiophene rings is 1. The maximum atomic E-state index is 12.1. The molecule has 2 rings (SSSR count). The van der Waals surface area contributed by atoms with Gasteiger partial charge in [0, 0.05) is 11.4 Å². The lowest BCUT2D eigenvalue weighted by Crippen LogP contribution is -2.26. The first-order chi connectivity index (χ1) is 10.5. The number of nitrogens with one attached hydrogen (secondary N) is 1. The Kier molecular flexibility index (Phi) is 5.44. The molecule has 1 heterocycles. The fourth-order valence-corrected chi connectivity index (χ4v) is 2.91. The third-order valence-corrected chi connectivity index (χ3v) is 4.30. The molecule has 5 heteroatoms. The van der Waals surface area contributed by atoms with E-state index in [1.54, 1.807) is 14.2 Å². The summed E-state index contributed by atoms with van der Waals surface area (Å²) in [5.41, 5.74) is 1.01. The van der Waals surface area contributed by atoms with Crippen molar-refractivity contribution in [1.82, 2.24) is 5.32 Å². The highest BCUT2D eigenvalue weighted by Gasteiger charge is 2.12. The van der Waals surface area contributed by atoms with Crippen LogP contribution in [0.5, 0.6) is 11.5 Å². The van der Waals surface area contributed by atoms with Crippen molar-refractivity contribution in [1.29, 1.82) is 0 Å². The van der Waals surface area contributed by atoms with Gasteiger partial charge in [0.15, 0.2) is 11.5 Å². The summed E-state index contributed by atoms with van der Waals surface area (Å²) in [6.45, 7) is 4.83. The number of amides is 1. The summed E-state index contributed by atoms with van der Waals surface area (Å²) in [5, 5.41) is 2.93. The number of hydrogen-bond donors (Lipinski definition) is 1. The van der Waals surface area contributed by atoms with Gasteiger partial charge in [-0.15, -0.1) is 11.3 Å². The Hall–Kier alpha value is -2.01. The Bertz CT molecular complexity index is 649. The van der Waals surface area contributed by atoms with Crippen LogP contribution in [0.15, 0.2) is 30.3 Å². The second-order valence-corrected chi connectivity index (χ2v) is 6.42. The fraction of sp³-hybridized carbons (Fsp3) is 0.353. The highest BCUT2D eigenvalue weighted by Crippen LogP contribution is 2.35. The van der Waals surface area contributed by atoms with Crippen LogP contribution in [-0.2, 0) is 0 Å². The highest BCUT2D eigenvalue weighted by molar-refractivity contribution is 7.17. The lowest BCUT2D eigenvalue weighted by atomic mass is 10.1. The summed E-state index contributed by atoms with van der Waals surface area (Å²) in [7, 11) is 3.22. The molecular weight excluding hydrogens is 298 g/mol. The van der Waals surface area contributed by atoms with Crippen LogP contribution < -0.4 is 14.8 Å². The van der Waals surface area contributed by atoms with Gasteiger partial charge < -0.3 is 14.8 Å². The molecular formula is C17H21NO3S. The van der Waals surface area contributed by atoms with Gasteiger partial charge in [0.2, 0.25) is 0 Å². The molecule has 22 heavy (non-hydrogen) atoms. The molecule has 0 atom stereocenters. The number of ether oxygens (including phenoxy) is 2. The van der Waals surface area contributed by atoms with Crippen molar-refractivity contribution in [2.45, 2.75) is 13.8 Å². The molecule has 2 aromatic rings. The predicted molar refractivity (Wildman–Crippen MR) is 90.0 cm³/mol. The number of benzene rings is 1. The molecule has 0 fully saturated rings. The average Bonchev–Trinajstić information content (AvgIpc) is 3.01. The van der Waals surface area contributed by atoms with Crippen molar-refractivity contribution in [3.8, 4) is 21.9 Å². The molecule has 0 saturated heterocycles. The van der Waals surface area contributed by atoms with Crippen molar-refractivity contribution in [2.24, 2.45) is 5.92 Å². The zero-order chi connectivity index (χ0) is 16.1. The number of carbonyl (C=O) groups excluding carboxylic acids is 1. The van der Waals surface area contributed by atoms with E-state index in [4.69, 9.17) is 9.47 Å². The third kappa shape index (κ3) is 3.80. The van der Waals surface area contributed by atoms with E-state index in [2.05, 4.69) is 19.2 Å². The third-order valence-electron chi connectivity index (χ3n) is 3.17. The Balaban J connectivity index is 2.19. The standard InChI is InChI=1S/C17H21NO3S/c1-11(2)10-18-17(19)16-8-7-15(22-16)12-5-6-13(20-3)14(9-12)21-4/h5-9,11H,10H2,1-4H3,(H,18,19). The number of carbonyl (C=O) groups is 1. The van der Waals surface area contributed by atoms with Gasteiger partial charge in [0.25, 0.3) is 5.91 Å². The number of rotatable bonds is 6. The van der Waals surface area contributed by atoms with Crippen molar-refractivity contribution < 1.29 is 14.3 Å². The van der Waals surface area contributed by atoms with Crippen molar-refractivity contribution in [3.63, 3.8) is 0 Å². The second kappa shape index (κ2) is 7.31. The van der Waals surface area contributed by atoms with Gasteiger partial charge in [-0.2, -0.15) is 0 Å². The topological polar surface area (TPSA) is 47.6 Å². The van der Waals surface area contributed by atoms with Crippen LogP contribution in [0.25, 0.3) is 10.4 Å². The lowest BCUT2D eigenvalue weighted by molar-refractivity contribution is 0.0953. The summed E-state index contributed by atoms with van der Waals surface area (Å²) in [4.78, 5) is 13.8. The normalized spacial score (nSPS) is 10.6. The summed E-state index contributed by atoms with van der Waals surface area (Å²) in [6.07, 6.45) is 0. The van der Waals surface area contributed by atoms with Gasteiger partial charge in [-0.25, -0.2) is 0 Å². The molecule has 1 N–H and O–H groups in total. The lowest BCUT2D eigenvalue weighted by Gasteiger charge is -2.08. The van der Waals surface area contributed by atoms with Crippen LogP contribution in [0.1, 0.15) is 23.5 Å². The summed E-state index contributed by atoms with van der Waals surface area (Å²) in [6, 6.07) is 9.55. The van der Waals surface area contributed by atoms with Crippen LogP contribution in [0.3, 0.4) is 0 Å². The Morgan fingerprint density at radius 1 is 1.14 bits per heavy atom. The van der Waals surface area contributed by atoms with Crippen molar-refractivity contribution in [3.05, 3.63) is 35.2 Å². The molecule has 1 amide bonds. The van der Waals surface area contributed by atoms with E-state index in [0.717, 1.165) is 10.4 Å². The van der Waals surface area contributed by atoms with E-state index in [0.29, 0.717) is 28.8 Å². The first-order valence-electron chi connectivity index (χ1n) is 7.15. The van der Waals surface area contributed by atoms with E-state index in [9.17, 15) is 4.79 Å². The minimum Gasteiger partial charge on any atom is -0.493 e. The van der Waals surface area contributed by atoms with E-state index in [1.165, 1.54) is 11.3 Å². The molecule has 118 valence electrons. The maximum Gasteiger partial charge on any atom is 0.261 e. The minimum atomic E-state index is -0.0228. The first-order valence-corrected chi connectivity index (χ1v) is 7.97. The van der Waals surface area contributed by atoms with Gasteiger partial charge in [0.05, 0.1) is 19.1 Å². The summed E-state index contributed by atoms with van der Waals surface area (Å²) < 4.78 is 10.6. The second-order valence-electron chi connectivity index (χ2n) is 5.34. The van der Waals surface area contributed by atoms with Gasteiger partial charge in [-0.3, -0.25) is 4.79 Å². The SMILES string of the molecule is COc1ccc(-c2ccc(C(=O)NCC(C)C)s2)cc1OC. The zero-order valence-corrected chi connectivity index (χ0v) is 14.1. The minimum absolute atomic E-state index is 0.0228. The molecule has 0 aliphatic rings. The molecule has 0 unspecified atom stereocenters. The monoisotopic (exact) mass is 319 g/mol. The molecule has 0 aliphatic carbocycles. The number of methoxy groups -OCH3 is 2. The Morgan fingerprint density at radius 2 is 1.86 bits per heavy atom. The van der Waals surface area contributed by atoms with E-state index >= 15 is 0 Å². The largest absolute Gasteiger partial charge is 0.493 e. The van der Waals surface area contributed by atoms with Crippen LogP contribution in [0.2, 0.25) is 0 Å². The Morgan fingerprint density at radius 3 is 2.50 bits per heavy atom. The summed E-state index contributed by atoms with van der Waals surface area (Å²) >= 11 is 1.47. The van der Waals surface area contributed by atoms with Crippen molar-refractivity contribution in [2.75, 3.05) is 20.8 Å². The van der Waals surface area contributed by atoms with Crippen molar-refractivity contribution >= 4 is 17.2 Å². The van der Waals surface area contributed by atoms with Crippen LogP contribution >= 0.6 is 11.3 Å². The molecule has 0 saturated carbocycles. The van der Waals surface area contributed by atoms with Crippen LogP contribution in [0, 0.1) is 5.92 Å². The summed E-state index contributed by atoms with van der Waals surface area (Å²) in [5.74, 6) is 1.79. The smallest absolute Gasteiger partial charge is 0.261 e. The molecule has 0 bridgehead atoms. The van der Waals surface area contributed by atoms with E-state index in [-0.39, 0.29) is 5.91 Å². The molecule has 4 nitrogen and oxygen atoms in total.